The molecule has 0 unspecified atom stereocenters. The molecule has 0 spiro atoms. The maximum atomic E-state index is 12.7. The Morgan fingerprint density at radius 1 is 0.929 bits per heavy atom. The highest BCUT2D eigenvalue weighted by molar-refractivity contribution is 6.02. The minimum atomic E-state index is -4.48. The number of nitrogens with one attached hydrogen (secondary N) is 2. The molecule has 2 N–H and O–H groups in total. The number of benzene rings is 2. The fraction of sp³-hybridized carbons (Fsp3) is 0.150. The number of carbonyl (C=O) groups is 1. The molecule has 1 aromatic heterocycles. The van der Waals surface area contributed by atoms with Crippen molar-refractivity contribution < 1.29 is 18.0 Å². The van der Waals surface area contributed by atoms with Crippen LogP contribution in [0.5, 0.6) is 0 Å². The van der Waals surface area contributed by atoms with Gasteiger partial charge in [0.2, 0.25) is 0 Å². The van der Waals surface area contributed by atoms with Crippen LogP contribution in [0.2, 0.25) is 0 Å². The van der Waals surface area contributed by atoms with E-state index in [0.29, 0.717) is 12.4 Å². The van der Waals surface area contributed by atoms with Crippen molar-refractivity contribution in [3.63, 3.8) is 0 Å². The number of halogens is 3. The van der Waals surface area contributed by atoms with Crippen LogP contribution in [-0.2, 0) is 12.6 Å². The number of rotatable bonds is 6. The molecule has 0 fully saturated rings. The van der Waals surface area contributed by atoms with Crippen molar-refractivity contribution in [2.45, 2.75) is 12.6 Å². The second-order valence-electron chi connectivity index (χ2n) is 6.00. The van der Waals surface area contributed by atoms with Gasteiger partial charge >= 0.3 is 6.18 Å². The summed E-state index contributed by atoms with van der Waals surface area (Å²) < 4.78 is 38.2. The third-order valence-corrected chi connectivity index (χ3v) is 3.91. The van der Waals surface area contributed by atoms with Gasteiger partial charge in [-0.05, 0) is 42.3 Å². The zero-order valence-corrected chi connectivity index (χ0v) is 14.7. The highest BCUT2D eigenvalue weighted by Crippen LogP contribution is 2.30. The number of hydrogen-bond acceptors (Lipinski definition) is 4. The first-order valence-electron chi connectivity index (χ1n) is 8.52. The molecule has 2 aromatic carbocycles. The van der Waals surface area contributed by atoms with E-state index in [2.05, 4.69) is 20.8 Å². The third kappa shape index (κ3) is 5.29. The van der Waals surface area contributed by atoms with Crippen molar-refractivity contribution in [3.8, 4) is 0 Å². The Morgan fingerprint density at radius 3 is 2.39 bits per heavy atom. The summed E-state index contributed by atoms with van der Waals surface area (Å²) in [6.45, 7) is 0.647. The summed E-state index contributed by atoms with van der Waals surface area (Å²) in [5.74, 6) is -0.130. The van der Waals surface area contributed by atoms with Crippen LogP contribution >= 0.6 is 0 Å². The Bertz CT molecular complexity index is 928. The molecule has 8 heteroatoms. The molecule has 0 saturated carbocycles. The summed E-state index contributed by atoms with van der Waals surface area (Å²) >= 11 is 0. The Balaban J connectivity index is 1.56. The van der Waals surface area contributed by atoms with Crippen LogP contribution in [0.4, 0.5) is 24.7 Å². The van der Waals surface area contributed by atoms with Crippen LogP contribution in [0.1, 0.15) is 21.6 Å². The van der Waals surface area contributed by atoms with E-state index in [4.69, 9.17) is 0 Å². The fourth-order valence-corrected chi connectivity index (χ4v) is 2.50. The molecule has 0 radical (unpaired) electrons. The number of amides is 1. The minimum absolute atomic E-state index is 0.00558. The highest BCUT2D eigenvalue weighted by Gasteiger charge is 2.30. The summed E-state index contributed by atoms with van der Waals surface area (Å²) in [5, 5.41) is 13.2. The molecule has 5 nitrogen and oxygen atoms in total. The van der Waals surface area contributed by atoms with E-state index in [1.54, 1.807) is 6.07 Å². The number of nitrogens with zero attached hydrogens (tertiary/aromatic N) is 2. The summed E-state index contributed by atoms with van der Waals surface area (Å²) in [6, 6.07) is 17.4. The summed E-state index contributed by atoms with van der Waals surface area (Å²) in [4.78, 5) is 12.2. The lowest BCUT2D eigenvalue weighted by atomic mass is 10.1. The smallest absolute Gasteiger partial charge is 0.368 e. The van der Waals surface area contributed by atoms with Gasteiger partial charge in [-0.1, -0.05) is 36.4 Å². The molecule has 0 saturated heterocycles. The topological polar surface area (TPSA) is 66.9 Å². The maximum absolute atomic E-state index is 12.7. The monoisotopic (exact) mass is 386 g/mol. The van der Waals surface area contributed by atoms with E-state index in [0.717, 1.165) is 18.6 Å². The van der Waals surface area contributed by atoms with Gasteiger partial charge in [0.25, 0.3) is 5.91 Å². The Morgan fingerprint density at radius 2 is 1.71 bits per heavy atom. The minimum Gasteiger partial charge on any atom is -0.368 e. The van der Waals surface area contributed by atoms with Gasteiger partial charge in [-0.3, -0.25) is 4.79 Å². The number of alkyl halides is 3. The molecule has 0 aliphatic heterocycles. The predicted octanol–water partition coefficient (Wildman–Crippen LogP) is 4.40. The molecule has 28 heavy (non-hydrogen) atoms. The Kier molecular flexibility index (Phi) is 5.88. The maximum Gasteiger partial charge on any atom is 0.416 e. The van der Waals surface area contributed by atoms with Crippen LogP contribution < -0.4 is 10.6 Å². The van der Waals surface area contributed by atoms with Crippen LogP contribution in [-0.4, -0.2) is 22.6 Å². The molecule has 0 aliphatic rings. The standard InChI is InChI=1S/C20H17F3N4O/c21-20(22,23)15-7-4-8-16(13-15)25-19(28)17-9-10-18(27-26-17)24-12-11-14-5-2-1-3-6-14/h1-10,13H,11-12H2,(H,24,27)(H,25,28). The normalized spacial score (nSPS) is 11.1. The largest absolute Gasteiger partial charge is 0.416 e. The molecule has 0 atom stereocenters. The lowest BCUT2D eigenvalue weighted by Crippen LogP contribution is -2.16. The van der Waals surface area contributed by atoms with Crippen molar-refractivity contribution in [1.29, 1.82) is 0 Å². The first kappa shape index (κ1) is 19.3. The molecular formula is C20H17F3N4O. The van der Waals surface area contributed by atoms with Gasteiger partial charge in [0, 0.05) is 12.2 Å². The zero-order chi connectivity index (χ0) is 20.0. The first-order chi connectivity index (χ1) is 13.4. The van der Waals surface area contributed by atoms with E-state index in [1.807, 2.05) is 30.3 Å². The first-order valence-corrected chi connectivity index (χ1v) is 8.52. The predicted molar refractivity (Wildman–Crippen MR) is 100 cm³/mol. The van der Waals surface area contributed by atoms with Crippen LogP contribution in [0.15, 0.2) is 66.7 Å². The molecule has 1 heterocycles. The molecule has 3 rings (SSSR count). The number of carbonyl (C=O) groups excluding carboxylic acids is 1. The van der Waals surface area contributed by atoms with Crippen molar-refractivity contribution in [2.75, 3.05) is 17.2 Å². The lowest BCUT2D eigenvalue weighted by molar-refractivity contribution is -0.137. The molecule has 0 bridgehead atoms. The average molecular weight is 386 g/mol. The van der Waals surface area contributed by atoms with Crippen LogP contribution in [0.3, 0.4) is 0 Å². The molecule has 3 aromatic rings. The van der Waals surface area contributed by atoms with E-state index in [-0.39, 0.29) is 11.4 Å². The fourth-order valence-electron chi connectivity index (χ4n) is 2.50. The van der Waals surface area contributed by atoms with E-state index in [1.165, 1.54) is 23.8 Å². The van der Waals surface area contributed by atoms with E-state index < -0.39 is 17.6 Å². The van der Waals surface area contributed by atoms with Gasteiger partial charge in [-0.15, -0.1) is 10.2 Å². The molecule has 144 valence electrons. The van der Waals surface area contributed by atoms with Gasteiger partial charge in [0.05, 0.1) is 5.56 Å². The number of hydrogen-bond donors (Lipinski definition) is 2. The average Bonchev–Trinajstić information content (AvgIpc) is 2.69. The highest BCUT2D eigenvalue weighted by atomic mass is 19.4. The third-order valence-electron chi connectivity index (χ3n) is 3.91. The van der Waals surface area contributed by atoms with Crippen LogP contribution in [0, 0.1) is 0 Å². The second-order valence-corrected chi connectivity index (χ2v) is 6.00. The quantitative estimate of drug-likeness (QED) is 0.659. The summed E-state index contributed by atoms with van der Waals surface area (Å²) in [6.07, 6.45) is -3.67. The summed E-state index contributed by atoms with van der Waals surface area (Å²) in [7, 11) is 0. The molecular weight excluding hydrogens is 369 g/mol. The SMILES string of the molecule is O=C(Nc1cccc(C(F)(F)F)c1)c1ccc(NCCc2ccccc2)nn1. The van der Waals surface area contributed by atoms with Gasteiger partial charge in [0.15, 0.2) is 5.69 Å². The molecule has 0 aliphatic carbocycles. The van der Waals surface area contributed by atoms with Crippen molar-refractivity contribution in [2.24, 2.45) is 0 Å². The van der Waals surface area contributed by atoms with Crippen molar-refractivity contribution in [3.05, 3.63) is 83.6 Å². The number of anilines is 2. The Hall–Kier alpha value is -3.42. The lowest BCUT2D eigenvalue weighted by Gasteiger charge is -2.10. The zero-order valence-electron chi connectivity index (χ0n) is 14.7. The van der Waals surface area contributed by atoms with Gasteiger partial charge < -0.3 is 10.6 Å². The van der Waals surface area contributed by atoms with Crippen LogP contribution in [0.25, 0.3) is 0 Å². The summed E-state index contributed by atoms with van der Waals surface area (Å²) in [5.41, 5.74) is 0.382. The van der Waals surface area contributed by atoms with Crippen molar-refractivity contribution >= 4 is 17.4 Å². The van der Waals surface area contributed by atoms with Crippen molar-refractivity contribution in [1.82, 2.24) is 10.2 Å². The second kappa shape index (κ2) is 8.51. The number of aromatic nitrogens is 2. The van der Waals surface area contributed by atoms with Gasteiger partial charge in [-0.25, -0.2) is 0 Å². The van der Waals surface area contributed by atoms with Gasteiger partial charge in [0.1, 0.15) is 5.82 Å². The molecule has 1 amide bonds. The van der Waals surface area contributed by atoms with E-state index >= 15 is 0 Å². The van der Waals surface area contributed by atoms with Gasteiger partial charge in [-0.2, -0.15) is 13.2 Å². The van der Waals surface area contributed by atoms with E-state index in [9.17, 15) is 18.0 Å². The Labute approximate surface area is 159 Å².